The Kier molecular flexibility index (Phi) is 11.7. The van der Waals surface area contributed by atoms with Gasteiger partial charge in [-0.3, -0.25) is 43.9 Å². The Morgan fingerprint density at radius 1 is 1.02 bits per heavy atom. The number of amides is 6. The SMILES string of the molecule is Cc1nc(Nc2ncc(C(=O)Nc3c(C)cccc3Cl)s2)cc(N2CCN(CCCNC(=O)COc3cccc4c3C(=O)N(C3CCC(=O)NC3=O)C4=O)CC2)n1. The fraction of sp³-hybridized carbons (Fsp3) is 0.342. The highest BCUT2D eigenvalue weighted by Crippen LogP contribution is 2.34. The quantitative estimate of drug-likeness (QED) is 0.113. The molecule has 7 rings (SSSR count). The van der Waals surface area contributed by atoms with E-state index in [1.807, 2.05) is 32.0 Å². The molecule has 19 heteroatoms. The number of carbonyl (C=O) groups is 6. The van der Waals surface area contributed by atoms with Crippen LogP contribution in [-0.2, 0) is 14.4 Å². The smallest absolute Gasteiger partial charge is 0.267 e. The molecule has 0 bridgehead atoms. The molecule has 296 valence electrons. The van der Waals surface area contributed by atoms with E-state index in [4.69, 9.17) is 16.3 Å². The lowest BCUT2D eigenvalue weighted by Crippen LogP contribution is -2.54. The molecule has 17 nitrogen and oxygen atoms in total. The van der Waals surface area contributed by atoms with Gasteiger partial charge in [-0.1, -0.05) is 41.1 Å². The fourth-order valence-electron chi connectivity index (χ4n) is 6.82. The maximum atomic E-state index is 13.3. The summed E-state index contributed by atoms with van der Waals surface area (Å²) in [5.41, 5.74) is 1.49. The van der Waals surface area contributed by atoms with Crippen molar-refractivity contribution < 1.29 is 33.5 Å². The van der Waals surface area contributed by atoms with Crippen LogP contribution in [0.4, 0.5) is 22.5 Å². The van der Waals surface area contributed by atoms with Crippen LogP contribution >= 0.6 is 22.9 Å². The first kappa shape index (κ1) is 39.3. The number of nitrogens with one attached hydrogen (secondary N) is 4. The Labute approximate surface area is 336 Å². The van der Waals surface area contributed by atoms with E-state index >= 15 is 0 Å². The first-order valence-electron chi connectivity index (χ1n) is 18.3. The third-order valence-corrected chi connectivity index (χ3v) is 10.9. The van der Waals surface area contributed by atoms with Crippen LogP contribution in [0, 0.1) is 13.8 Å². The van der Waals surface area contributed by atoms with E-state index < -0.39 is 29.7 Å². The maximum Gasteiger partial charge on any atom is 0.267 e. The second kappa shape index (κ2) is 17.0. The number of anilines is 4. The molecule has 0 aliphatic carbocycles. The molecule has 2 aromatic heterocycles. The van der Waals surface area contributed by atoms with E-state index in [1.165, 1.54) is 29.7 Å². The number of aromatic nitrogens is 3. The second-order valence-corrected chi connectivity index (χ2v) is 15.1. The predicted octanol–water partition coefficient (Wildman–Crippen LogP) is 3.31. The van der Waals surface area contributed by atoms with E-state index in [0.29, 0.717) is 45.3 Å². The van der Waals surface area contributed by atoms with Gasteiger partial charge in [-0.05, 0) is 57.0 Å². The van der Waals surface area contributed by atoms with Gasteiger partial charge in [0.2, 0.25) is 11.8 Å². The largest absolute Gasteiger partial charge is 0.483 e. The molecule has 57 heavy (non-hydrogen) atoms. The van der Waals surface area contributed by atoms with Crippen LogP contribution in [-0.4, -0.2) is 112 Å². The zero-order valence-corrected chi connectivity index (χ0v) is 32.7. The van der Waals surface area contributed by atoms with Gasteiger partial charge in [0.1, 0.15) is 34.1 Å². The van der Waals surface area contributed by atoms with Gasteiger partial charge in [-0.15, -0.1) is 0 Å². The number of piperidine rings is 1. The first-order chi connectivity index (χ1) is 27.4. The van der Waals surface area contributed by atoms with Crippen molar-refractivity contribution in [3.63, 3.8) is 0 Å². The van der Waals surface area contributed by atoms with E-state index in [-0.39, 0.29) is 48.1 Å². The highest BCUT2D eigenvalue weighted by molar-refractivity contribution is 7.17. The van der Waals surface area contributed by atoms with Crippen molar-refractivity contribution in [3.8, 4) is 5.75 Å². The van der Waals surface area contributed by atoms with Crippen LogP contribution in [0.3, 0.4) is 0 Å². The monoisotopic (exact) mass is 814 g/mol. The van der Waals surface area contributed by atoms with Gasteiger partial charge in [0.15, 0.2) is 11.7 Å². The number of halogens is 1. The number of thiazole rings is 1. The number of piperazine rings is 1. The standard InChI is InChI=1S/C38H39ClN10O7S/c1-21-6-3-8-24(39)33(21)46-35(53)27-19-41-38(57-27)44-28-18-29(43-22(2)42-28)48-16-14-47(15-17-48)13-5-12-40-31(51)20-56-26-9-4-7-23-32(26)37(55)49(36(23)54)25-10-11-30(50)45-34(25)52/h3-4,6-9,18-19,25H,5,10-17,20H2,1-2H3,(H,40,51)(H,46,53)(H,45,50,52)(H,41,42,43,44). The van der Waals surface area contributed by atoms with Crippen LogP contribution in [0.2, 0.25) is 5.02 Å². The Morgan fingerprint density at radius 3 is 2.58 bits per heavy atom. The van der Waals surface area contributed by atoms with Crippen molar-refractivity contribution in [2.75, 3.05) is 61.4 Å². The average molecular weight is 815 g/mol. The summed E-state index contributed by atoms with van der Waals surface area (Å²) in [6.45, 7) is 7.56. The number of aryl methyl sites for hydroxylation is 2. The number of carbonyl (C=O) groups excluding carboxylic acids is 6. The number of hydrogen-bond donors (Lipinski definition) is 4. The molecule has 5 heterocycles. The minimum atomic E-state index is -1.10. The van der Waals surface area contributed by atoms with Gasteiger partial charge < -0.3 is 25.6 Å². The lowest BCUT2D eigenvalue weighted by Gasteiger charge is -2.35. The Balaban J connectivity index is 0.839. The summed E-state index contributed by atoms with van der Waals surface area (Å²) in [4.78, 5) is 95.1. The molecule has 3 aliphatic rings. The number of hydrogen-bond acceptors (Lipinski definition) is 14. The van der Waals surface area contributed by atoms with Crippen LogP contribution in [0.25, 0.3) is 0 Å². The summed E-state index contributed by atoms with van der Waals surface area (Å²) in [5, 5.41) is 12.0. The molecule has 4 aromatic rings. The van der Waals surface area contributed by atoms with Crippen molar-refractivity contribution in [3.05, 3.63) is 81.1 Å². The molecular formula is C38H39ClN10O7S. The van der Waals surface area contributed by atoms with E-state index in [0.717, 1.165) is 49.0 Å². The number of rotatable bonds is 13. The summed E-state index contributed by atoms with van der Waals surface area (Å²) in [7, 11) is 0. The Hall–Kier alpha value is -5.98. The normalized spacial score (nSPS) is 17.0. The highest BCUT2D eigenvalue weighted by atomic mass is 35.5. The molecule has 1 atom stereocenters. The lowest BCUT2D eigenvalue weighted by atomic mass is 10.0. The van der Waals surface area contributed by atoms with Gasteiger partial charge in [0.05, 0.1) is 28.0 Å². The minimum absolute atomic E-state index is 0.0103. The molecule has 1 unspecified atom stereocenters. The first-order valence-corrected chi connectivity index (χ1v) is 19.5. The molecule has 0 spiro atoms. The van der Waals surface area contributed by atoms with E-state index in [1.54, 1.807) is 12.1 Å². The zero-order valence-electron chi connectivity index (χ0n) is 31.1. The summed E-state index contributed by atoms with van der Waals surface area (Å²) in [5.74, 6) is -1.21. The zero-order chi connectivity index (χ0) is 40.2. The van der Waals surface area contributed by atoms with Crippen molar-refractivity contribution in [2.45, 2.75) is 39.2 Å². The molecule has 4 N–H and O–H groups in total. The third kappa shape index (κ3) is 8.87. The van der Waals surface area contributed by atoms with Gasteiger partial charge in [0, 0.05) is 45.2 Å². The number of imide groups is 2. The highest BCUT2D eigenvalue weighted by Gasteiger charge is 2.46. The van der Waals surface area contributed by atoms with Gasteiger partial charge in [-0.2, -0.15) is 0 Å². The van der Waals surface area contributed by atoms with Gasteiger partial charge in [0.25, 0.3) is 23.6 Å². The molecule has 6 amide bonds. The van der Waals surface area contributed by atoms with Crippen molar-refractivity contribution in [2.24, 2.45) is 0 Å². The Morgan fingerprint density at radius 2 is 1.81 bits per heavy atom. The number of fused-ring (bicyclic) bond motifs is 1. The fourth-order valence-corrected chi connectivity index (χ4v) is 7.81. The van der Waals surface area contributed by atoms with Crippen molar-refractivity contribution in [1.29, 1.82) is 0 Å². The summed E-state index contributed by atoms with van der Waals surface area (Å²) < 4.78 is 5.68. The van der Waals surface area contributed by atoms with Gasteiger partial charge in [-0.25, -0.2) is 15.0 Å². The predicted molar refractivity (Wildman–Crippen MR) is 211 cm³/mol. The number of benzene rings is 2. The summed E-state index contributed by atoms with van der Waals surface area (Å²) >= 11 is 7.48. The maximum absolute atomic E-state index is 13.3. The molecule has 0 saturated carbocycles. The second-order valence-electron chi connectivity index (χ2n) is 13.6. The van der Waals surface area contributed by atoms with Gasteiger partial charge >= 0.3 is 0 Å². The molecular weight excluding hydrogens is 776 g/mol. The van der Waals surface area contributed by atoms with Crippen LogP contribution in [0.5, 0.6) is 5.75 Å². The summed E-state index contributed by atoms with van der Waals surface area (Å²) in [6.07, 6.45) is 2.26. The summed E-state index contributed by atoms with van der Waals surface area (Å²) in [6, 6.07) is 10.7. The van der Waals surface area contributed by atoms with Crippen molar-refractivity contribution >= 4 is 80.8 Å². The lowest BCUT2D eigenvalue weighted by molar-refractivity contribution is -0.136. The topological polar surface area (TPSA) is 208 Å². The molecule has 0 radical (unpaired) electrons. The molecule has 3 aliphatic heterocycles. The van der Waals surface area contributed by atoms with E-state index in [2.05, 4.69) is 46.0 Å². The van der Waals surface area contributed by atoms with Crippen molar-refractivity contribution in [1.82, 2.24) is 35.4 Å². The molecule has 2 fully saturated rings. The van der Waals surface area contributed by atoms with Crippen LogP contribution < -0.4 is 30.9 Å². The van der Waals surface area contributed by atoms with E-state index in [9.17, 15) is 28.8 Å². The Bertz CT molecular complexity index is 2240. The number of ether oxygens (including phenoxy) is 1. The number of para-hydroxylation sites is 1. The van der Waals surface area contributed by atoms with Crippen LogP contribution in [0.1, 0.15) is 61.0 Å². The average Bonchev–Trinajstić information content (AvgIpc) is 3.76. The minimum Gasteiger partial charge on any atom is -0.483 e. The molecule has 2 aromatic carbocycles. The molecule has 2 saturated heterocycles. The van der Waals surface area contributed by atoms with Crippen LogP contribution in [0.15, 0.2) is 48.7 Å². The third-order valence-electron chi connectivity index (χ3n) is 9.71. The number of nitrogens with zero attached hydrogens (tertiary/aromatic N) is 6.